The number of carbonyl (C=O) groups excluding carboxylic acids is 1. The van der Waals surface area contributed by atoms with Crippen LogP contribution in [0, 0.1) is 5.92 Å². The Morgan fingerprint density at radius 3 is 2.48 bits per heavy atom. The lowest BCUT2D eigenvalue weighted by Crippen LogP contribution is -2.43. The molecule has 8 heteroatoms. The Bertz CT molecular complexity index is 882. The fourth-order valence-electron chi connectivity index (χ4n) is 3.13. The molecule has 2 aromatic rings. The van der Waals surface area contributed by atoms with Gasteiger partial charge >= 0.3 is 0 Å². The zero-order valence-corrected chi connectivity index (χ0v) is 16.4. The summed E-state index contributed by atoms with van der Waals surface area (Å²) in [5.41, 5.74) is 1.58. The number of sulfonamides is 1. The lowest BCUT2D eigenvalue weighted by atomic mass is 9.97. The van der Waals surface area contributed by atoms with Gasteiger partial charge in [-0.1, -0.05) is 29.8 Å². The van der Waals surface area contributed by atoms with E-state index in [4.69, 9.17) is 11.6 Å². The van der Waals surface area contributed by atoms with E-state index in [1.54, 1.807) is 36.7 Å². The summed E-state index contributed by atoms with van der Waals surface area (Å²) in [5.74, 6) is -0.320. The predicted octanol–water partition coefficient (Wildman–Crippen LogP) is 2.59. The average Bonchev–Trinajstić information content (AvgIpc) is 2.69. The second kappa shape index (κ2) is 8.82. The molecule has 0 unspecified atom stereocenters. The number of rotatable bonds is 6. The van der Waals surface area contributed by atoms with Gasteiger partial charge in [0.05, 0.1) is 5.75 Å². The topological polar surface area (TPSA) is 79.4 Å². The lowest BCUT2D eigenvalue weighted by molar-refractivity contribution is -0.126. The summed E-state index contributed by atoms with van der Waals surface area (Å²) in [6.07, 6.45) is 4.40. The van der Waals surface area contributed by atoms with Gasteiger partial charge in [-0.15, -0.1) is 0 Å². The number of amides is 1. The van der Waals surface area contributed by atoms with Crippen molar-refractivity contribution in [3.63, 3.8) is 0 Å². The second-order valence-corrected chi connectivity index (χ2v) is 8.97. The number of benzene rings is 1. The molecule has 0 aliphatic carbocycles. The van der Waals surface area contributed by atoms with E-state index >= 15 is 0 Å². The van der Waals surface area contributed by atoms with Gasteiger partial charge in [-0.25, -0.2) is 12.7 Å². The first-order valence-electron chi connectivity index (χ1n) is 8.83. The van der Waals surface area contributed by atoms with Crippen molar-refractivity contribution in [2.75, 3.05) is 13.1 Å². The Hall–Kier alpha value is -1.96. The highest BCUT2D eigenvalue weighted by Crippen LogP contribution is 2.24. The largest absolute Gasteiger partial charge is 0.352 e. The first-order valence-corrected chi connectivity index (χ1v) is 10.8. The second-order valence-electron chi connectivity index (χ2n) is 6.59. The zero-order valence-electron chi connectivity index (χ0n) is 14.8. The van der Waals surface area contributed by atoms with Crippen LogP contribution in [0.25, 0.3) is 0 Å². The molecule has 27 heavy (non-hydrogen) atoms. The van der Waals surface area contributed by atoms with E-state index in [9.17, 15) is 13.2 Å². The van der Waals surface area contributed by atoms with Crippen LogP contribution in [0.15, 0.2) is 48.8 Å². The van der Waals surface area contributed by atoms with Gasteiger partial charge in [0.1, 0.15) is 0 Å². The molecule has 1 saturated heterocycles. The highest BCUT2D eigenvalue weighted by molar-refractivity contribution is 7.88. The molecule has 0 radical (unpaired) electrons. The first kappa shape index (κ1) is 19.8. The minimum atomic E-state index is -3.45. The van der Waals surface area contributed by atoms with Gasteiger partial charge < -0.3 is 5.32 Å². The maximum Gasteiger partial charge on any atom is 0.223 e. The van der Waals surface area contributed by atoms with Crippen molar-refractivity contribution >= 4 is 27.5 Å². The monoisotopic (exact) mass is 407 g/mol. The predicted molar refractivity (Wildman–Crippen MR) is 104 cm³/mol. The van der Waals surface area contributed by atoms with E-state index in [1.807, 2.05) is 12.1 Å². The van der Waals surface area contributed by atoms with Crippen LogP contribution < -0.4 is 5.32 Å². The van der Waals surface area contributed by atoms with Gasteiger partial charge in [0.25, 0.3) is 0 Å². The Balaban J connectivity index is 1.52. The van der Waals surface area contributed by atoms with Gasteiger partial charge in [-0.3, -0.25) is 9.78 Å². The molecule has 144 valence electrons. The number of carbonyl (C=O) groups is 1. The third-order valence-corrected chi connectivity index (χ3v) is 6.93. The van der Waals surface area contributed by atoms with Crippen molar-refractivity contribution in [3.05, 3.63) is 64.9 Å². The Labute approximate surface area is 164 Å². The molecule has 0 atom stereocenters. The average molecular weight is 408 g/mol. The van der Waals surface area contributed by atoms with Gasteiger partial charge in [-0.05, 0) is 42.2 Å². The van der Waals surface area contributed by atoms with Crippen molar-refractivity contribution in [3.8, 4) is 0 Å². The van der Waals surface area contributed by atoms with E-state index in [0.29, 0.717) is 43.1 Å². The molecule has 1 N–H and O–H groups in total. The molecular formula is C19H22ClN3O3S. The van der Waals surface area contributed by atoms with E-state index in [1.165, 1.54) is 4.31 Å². The molecule has 1 aliphatic rings. The quantitative estimate of drug-likeness (QED) is 0.798. The van der Waals surface area contributed by atoms with Crippen molar-refractivity contribution in [1.82, 2.24) is 14.6 Å². The molecule has 1 aromatic carbocycles. The minimum Gasteiger partial charge on any atom is -0.352 e. The van der Waals surface area contributed by atoms with Crippen LogP contribution in [-0.4, -0.2) is 36.7 Å². The molecule has 3 rings (SSSR count). The SMILES string of the molecule is O=C(NCc1ccncc1)C1CCN(S(=O)(=O)Cc2ccccc2Cl)CC1. The van der Waals surface area contributed by atoms with Gasteiger partial charge in [0.2, 0.25) is 15.9 Å². The molecule has 0 saturated carbocycles. The number of piperidine rings is 1. The molecule has 1 aliphatic heterocycles. The summed E-state index contributed by atoms with van der Waals surface area (Å²) < 4.78 is 26.8. The van der Waals surface area contributed by atoms with Crippen LogP contribution in [0.2, 0.25) is 5.02 Å². The zero-order chi connectivity index (χ0) is 19.3. The third kappa shape index (κ3) is 5.28. The Morgan fingerprint density at radius 2 is 1.81 bits per heavy atom. The normalized spacial score (nSPS) is 16.2. The lowest BCUT2D eigenvalue weighted by Gasteiger charge is -2.30. The molecular weight excluding hydrogens is 386 g/mol. The first-order chi connectivity index (χ1) is 13.0. The number of pyridine rings is 1. The summed E-state index contributed by atoms with van der Waals surface area (Å²) in [5, 5.41) is 3.37. The van der Waals surface area contributed by atoms with E-state index in [0.717, 1.165) is 5.56 Å². The van der Waals surface area contributed by atoms with Gasteiger partial charge in [0, 0.05) is 43.0 Å². The highest BCUT2D eigenvalue weighted by Gasteiger charge is 2.31. The standard InChI is InChI=1S/C19H22ClN3O3S/c20-18-4-2-1-3-17(18)14-27(25,26)23-11-7-16(8-12-23)19(24)22-13-15-5-9-21-10-6-15/h1-6,9-10,16H,7-8,11-14H2,(H,22,24). The van der Waals surface area contributed by atoms with Crippen LogP contribution in [-0.2, 0) is 27.1 Å². The molecule has 1 amide bonds. The summed E-state index contributed by atoms with van der Waals surface area (Å²) >= 11 is 6.08. The number of hydrogen-bond donors (Lipinski definition) is 1. The van der Waals surface area contributed by atoms with Gasteiger partial charge in [0.15, 0.2) is 0 Å². The van der Waals surface area contributed by atoms with Crippen LogP contribution in [0.4, 0.5) is 0 Å². The summed E-state index contributed by atoms with van der Waals surface area (Å²) in [7, 11) is -3.45. The van der Waals surface area contributed by atoms with Crippen molar-refractivity contribution in [2.45, 2.75) is 25.1 Å². The number of nitrogens with zero attached hydrogens (tertiary/aromatic N) is 2. The Morgan fingerprint density at radius 1 is 1.15 bits per heavy atom. The number of hydrogen-bond acceptors (Lipinski definition) is 4. The number of aromatic nitrogens is 1. The molecule has 0 spiro atoms. The molecule has 1 fully saturated rings. The summed E-state index contributed by atoms with van der Waals surface area (Å²) in [6.45, 7) is 1.15. The fourth-order valence-corrected chi connectivity index (χ4v) is 5.01. The smallest absolute Gasteiger partial charge is 0.223 e. The van der Waals surface area contributed by atoms with Crippen LogP contribution in [0.5, 0.6) is 0 Å². The summed E-state index contributed by atoms with van der Waals surface area (Å²) in [4.78, 5) is 16.3. The van der Waals surface area contributed by atoms with E-state index in [-0.39, 0.29) is 17.6 Å². The van der Waals surface area contributed by atoms with Crippen molar-refractivity contribution in [1.29, 1.82) is 0 Å². The molecule has 2 heterocycles. The van der Waals surface area contributed by atoms with Crippen LogP contribution in [0.3, 0.4) is 0 Å². The number of halogens is 1. The van der Waals surface area contributed by atoms with Crippen LogP contribution in [0.1, 0.15) is 24.0 Å². The minimum absolute atomic E-state index is 0.0324. The van der Waals surface area contributed by atoms with E-state index < -0.39 is 10.0 Å². The number of nitrogens with one attached hydrogen (secondary N) is 1. The Kier molecular flexibility index (Phi) is 6.46. The molecule has 0 bridgehead atoms. The maximum atomic E-state index is 12.7. The molecule has 1 aromatic heterocycles. The van der Waals surface area contributed by atoms with Crippen LogP contribution >= 0.6 is 11.6 Å². The van der Waals surface area contributed by atoms with Crippen molar-refractivity contribution in [2.24, 2.45) is 5.92 Å². The fraction of sp³-hybridized carbons (Fsp3) is 0.368. The third-order valence-electron chi connectivity index (χ3n) is 4.73. The van der Waals surface area contributed by atoms with E-state index in [2.05, 4.69) is 10.3 Å². The van der Waals surface area contributed by atoms with Crippen molar-refractivity contribution < 1.29 is 13.2 Å². The highest BCUT2D eigenvalue weighted by atomic mass is 35.5. The maximum absolute atomic E-state index is 12.7. The van der Waals surface area contributed by atoms with Gasteiger partial charge in [-0.2, -0.15) is 0 Å². The molecule has 6 nitrogen and oxygen atoms in total. The summed E-state index contributed by atoms with van der Waals surface area (Å²) in [6, 6.07) is 10.7.